The first kappa shape index (κ1) is 15.1. The predicted molar refractivity (Wildman–Crippen MR) is 94.2 cm³/mol. The summed E-state index contributed by atoms with van der Waals surface area (Å²) in [7, 11) is 0. The van der Waals surface area contributed by atoms with Crippen molar-refractivity contribution < 1.29 is 4.79 Å². The van der Waals surface area contributed by atoms with Crippen molar-refractivity contribution >= 4 is 40.4 Å². The maximum Gasteiger partial charge on any atom is 0.339 e. The minimum absolute atomic E-state index is 0.430. The number of benzene rings is 2. The Morgan fingerprint density at radius 3 is 2.87 bits per heavy atom. The van der Waals surface area contributed by atoms with E-state index in [4.69, 9.17) is 11.6 Å². The Bertz CT molecular complexity index is 885. The number of carbonyl (C=O) groups excluding carboxylic acids is 1. The van der Waals surface area contributed by atoms with E-state index in [1.807, 2.05) is 31.2 Å². The Balaban J connectivity index is 1.68. The zero-order valence-corrected chi connectivity index (χ0v) is 13.2. The SMILES string of the molecule is Cc1[nH]c2ccccc2c1/C=N\NC(=O)Nc1cccc(Cl)c1. The second kappa shape index (κ2) is 6.54. The van der Waals surface area contributed by atoms with Gasteiger partial charge in [-0.2, -0.15) is 5.10 Å². The Kier molecular flexibility index (Phi) is 4.30. The fourth-order valence-electron chi connectivity index (χ4n) is 2.35. The number of fused-ring (bicyclic) bond motifs is 1. The molecule has 0 aliphatic rings. The van der Waals surface area contributed by atoms with Gasteiger partial charge in [0.15, 0.2) is 0 Å². The van der Waals surface area contributed by atoms with Crippen LogP contribution >= 0.6 is 11.6 Å². The fourth-order valence-corrected chi connectivity index (χ4v) is 2.54. The van der Waals surface area contributed by atoms with E-state index in [2.05, 4.69) is 20.8 Å². The van der Waals surface area contributed by atoms with Crippen LogP contribution in [-0.4, -0.2) is 17.2 Å². The number of urea groups is 1. The monoisotopic (exact) mass is 326 g/mol. The lowest BCUT2D eigenvalue weighted by Crippen LogP contribution is -2.24. The number of aromatic nitrogens is 1. The van der Waals surface area contributed by atoms with Gasteiger partial charge in [-0.25, -0.2) is 10.2 Å². The van der Waals surface area contributed by atoms with Gasteiger partial charge in [0, 0.05) is 32.9 Å². The molecule has 0 saturated heterocycles. The number of nitrogens with one attached hydrogen (secondary N) is 3. The maximum atomic E-state index is 11.8. The van der Waals surface area contributed by atoms with Gasteiger partial charge < -0.3 is 10.3 Å². The summed E-state index contributed by atoms with van der Waals surface area (Å²) in [5.41, 5.74) is 6.03. The molecule has 23 heavy (non-hydrogen) atoms. The van der Waals surface area contributed by atoms with Crippen LogP contribution in [0.3, 0.4) is 0 Å². The maximum absolute atomic E-state index is 11.8. The first-order chi connectivity index (χ1) is 11.1. The summed E-state index contributed by atoms with van der Waals surface area (Å²) in [5, 5.41) is 8.28. The van der Waals surface area contributed by atoms with Crippen LogP contribution in [0.1, 0.15) is 11.3 Å². The van der Waals surface area contributed by atoms with Gasteiger partial charge in [-0.05, 0) is 31.2 Å². The third kappa shape index (κ3) is 3.52. The Morgan fingerprint density at radius 2 is 2.04 bits per heavy atom. The summed E-state index contributed by atoms with van der Waals surface area (Å²) in [6.07, 6.45) is 1.63. The summed E-state index contributed by atoms with van der Waals surface area (Å²) >= 11 is 5.87. The second-order valence-electron chi connectivity index (χ2n) is 5.04. The summed E-state index contributed by atoms with van der Waals surface area (Å²) in [6, 6.07) is 14.4. The van der Waals surface area contributed by atoms with E-state index in [-0.39, 0.29) is 0 Å². The zero-order valence-electron chi connectivity index (χ0n) is 12.4. The number of aromatic amines is 1. The molecule has 0 atom stereocenters. The zero-order chi connectivity index (χ0) is 16.2. The van der Waals surface area contributed by atoms with Crippen molar-refractivity contribution in [3.63, 3.8) is 0 Å². The van der Waals surface area contributed by atoms with Gasteiger partial charge >= 0.3 is 6.03 Å². The average Bonchev–Trinajstić information content (AvgIpc) is 2.83. The van der Waals surface area contributed by atoms with Crippen molar-refractivity contribution in [2.45, 2.75) is 6.92 Å². The Hall–Kier alpha value is -2.79. The van der Waals surface area contributed by atoms with E-state index >= 15 is 0 Å². The number of amides is 2. The number of hydrazone groups is 1. The van der Waals surface area contributed by atoms with Crippen LogP contribution in [0.25, 0.3) is 10.9 Å². The molecule has 0 aliphatic heterocycles. The second-order valence-corrected chi connectivity index (χ2v) is 5.48. The quantitative estimate of drug-likeness (QED) is 0.488. The lowest BCUT2D eigenvalue weighted by Gasteiger charge is -2.04. The number of aryl methyl sites for hydroxylation is 1. The normalized spacial score (nSPS) is 11.0. The van der Waals surface area contributed by atoms with Crippen molar-refractivity contribution in [1.82, 2.24) is 10.4 Å². The highest BCUT2D eigenvalue weighted by Crippen LogP contribution is 2.19. The number of hydrogen-bond acceptors (Lipinski definition) is 2. The summed E-state index contributed by atoms with van der Waals surface area (Å²) in [6.45, 7) is 1.97. The van der Waals surface area contributed by atoms with Crippen LogP contribution in [0.15, 0.2) is 53.6 Å². The van der Waals surface area contributed by atoms with Gasteiger partial charge in [-0.3, -0.25) is 0 Å². The summed E-state index contributed by atoms with van der Waals surface area (Å²) in [4.78, 5) is 15.1. The van der Waals surface area contributed by atoms with Crippen LogP contribution in [0, 0.1) is 6.92 Å². The summed E-state index contributed by atoms with van der Waals surface area (Å²) in [5.74, 6) is 0. The van der Waals surface area contributed by atoms with Crippen LogP contribution in [0.4, 0.5) is 10.5 Å². The van der Waals surface area contributed by atoms with Crippen molar-refractivity contribution in [2.24, 2.45) is 5.10 Å². The minimum Gasteiger partial charge on any atom is -0.358 e. The molecule has 3 rings (SSSR count). The number of rotatable bonds is 3. The molecule has 1 heterocycles. The molecule has 0 bridgehead atoms. The smallest absolute Gasteiger partial charge is 0.339 e. The highest BCUT2D eigenvalue weighted by atomic mass is 35.5. The van der Waals surface area contributed by atoms with Gasteiger partial charge in [0.1, 0.15) is 0 Å². The molecule has 116 valence electrons. The molecule has 0 unspecified atom stereocenters. The number of nitrogens with zero attached hydrogens (tertiary/aromatic N) is 1. The largest absolute Gasteiger partial charge is 0.358 e. The summed E-state index contributed by atoms with van der Waals surface area (Å²) < 4.78 is 0. The molecule has 5 nitrogen and oxygen atoms in total. The lowest BCUT2D eigenvalue weighted by molar-refractivity contribution is 0.252. The fraction of sp³-hybridized carbons (Fsp3) is 0.0588. The first-order valence-corrected chi connectivity index (χ1v) is 7.44. The van der Waals surface area contributed by atoms with Crippen LogP contribution in [0.5, 0.6) is 0 Å². The van der Waals surface area contributed by atoms with Gasteiger partial charge in [0.2, 0.25) is 0 Å². The molecule has 0 spiro atoms. The molecule has 3 N–H and O–H groups in total. The number of anilines is 1. The van der Waals surface area contributed by atoms with E-state index < -0.39 is 6.03 Å². The minimum atomic E-state index is -0.430. The standard InChI is InChI=1S/C17H15ClN4O/c1-11-15(14-7-2-3-8-16(14)20-11)10-19-22-17(23)21-13-6-4-5-12(18)9-13/h2-10,20H,1H3,(H2,21,22,23)/b19-10-. The molecule has 0 radical (unpaired) electrons. The number of carbonyl (C=O) groups is 1. The molecule has 0 aliphatic carbocycles. The van der Waals surface area contributed by atoms with Crippen LogP contribution in [0.2, 0.25) is 5.02 Å². The number of para-hydroxylation sites is 1. The molecule has 6 heteroatoms. The third-order valence-corrected chi connectivity index (χ3v) is 3.62. The first-order valence-electron chi connectivity index (χ1n) is 7.06. The molecular formula is C17H15ClN4O. The van der Waals surface area contributed by atoms with Crippen molar-refractivity contribution in [2.75, 3.05) is 5.32 Å². The number of H-pyrrole nitrogens is 1. The Labute approximate surface area is 138 Å². The van der Waals surface area contributed by atoms with Gasteiger partial charge in [0.25, 0.3) is 0 Å². The van der Waals surface area contributed by atoms with E-state index in [1.165, 1.54) is 0 Å². The third-order valence-electron chi connectivity index (χ3n) is 3.39. The highest BCUT2D eigenvalue weighted by Gasteiger charge is 2.05. The molecule has 2 aromatic carbocycles. The van der Waals surface area contributed by atoms with Gasteiger partial charge in [-0.1, -0.05) is 35.9 Å². The Morgan fingerprint density at radius 1 is 1.22 bits per heavy atom. The van der Waals surface area contributed by atoms with E-state index in [0.717, 1.165) is 22.2 Å². The number of halogens is 1. The highest BCUT2D eigenvalue weighted by molar-refractivity contribution is 6.30. The van der Waals surface area contributed by atoms with E-state index in [0.29, 0.717) is 10.7 Å². The number of hydrogen-bond donors (Lipinski definition) is 3. The van der Waals surface area contributed by atoms with E-state index in [1.54, 1.807) is 30.5 Å². The molecule has 1 aromatic heterocycles. The topological polar surface area (TPSA) is 69.3 Å². The molecule has 0 fully saturated rings. The molecule has 0 saturated carbocycles. The molecule has 2 amide bonds. The van der Waals surface area contributed by atoms with Crippen molar-refractivity contribution in [3.05, 3.63) is 64.8 Å². The molecular weight excluding hydrogens is 312 g/mol. The van der Waals surface area contributed by atoms with Crippen LogP contribution < -0.4 is 10.7 Å². The van der Waals surface area contributed by atoms with Crippen LogP contribution in [-0.2, 0) is 0 Å². The predicted octanol–water partition coefficient (Wildman–Crippen LogP) is 4.29. The molecule has 3 aromatic rings. The van der Waals surface area contributed by atoms with Crippen molar-refractivity contribution in [1.29, 1.82) is 0 Å². The lowest BCUT2D eigenvalue weighted by atomic mass is 10.1. The average molecular weight is 327 g/mol. The van der Waals surface area contributed by atoms with Crippen molar-refractivity contribution in [3.8, 4) is 0 Å². The van der Waals surface area contributed by atoms with E-state index in [9.17, 15) is 4.79 Å². The van der Waals surface area contributed by atoms with Gasteiger partial charge in [0.05, 0.1) is 6.21 Å². The van der Waals surface area contributed by atoms with Gasteiger partial charge in [-0.15, -0.1) is 0 Å².